The first-order chi connectivity index (χ1) is 11.1. The highest BCUT2D eigenvalue weighted by atomic mass is 16.5. The number of nitrogen functional groups attached to an aromatic ring is 1. The van der Waals surface area contributed by atoms with Crippen LogP contribution in [0.5, 0.6) is 5.88 Å². The van der Waals surface area contributed by atoms with Gasteiger partial charge in [0.1, 0.15) is 18.0 Å². The number of rotatable bonds is 5. The summed E-state index contributed by atoms with van der Waals surface area (Å²) in [5, 5.41) is 12.4. The zero-order chi connectivity index (χ0) is 16.4. The van der Waals surface area contributed by atoms with Gasteiger partial charge < -0.3 is 25.9 Å². The molecule has 3 rings (SSSR count). The summed E-state index contributed by atoms with van der Waals surface area (Å²) >= 11 is 0. The van der Waals surface area contributed by atoms with E-state index >= 15 is 0 Å². The van der Waals surface area contributed by atoms with Crippen LogP contribution in [0, 0.1) is 0 Å². The number of anilines is 2. The van der Waals surface area contributed by atoms with Gasteiger partial charge in [-0.3, -0.25) is 4.79 Å². The summed E-state index contributed by atoms with van der Waals surface area (Å²) in [4.78, 5) is 26.2. The van der Waals surface area contributed by atoms with Crippen LogP contribution < -0.4 is 15.8 Å². The van der Waals surface area contributed by atoms with E-state index in [0.29, 0.717) is 23.0 Å². The number of aliphatic carboxylic acids is 1. The Morgan fingerprint density at radius 3 is 2.96 bits per heavy atom. The highest BCUT2D eigenvalue weighted by Gasteiger charge is 2.13. The minimum atomic E-state index is -0.979. The van der Waals surface area contributed by atoms with Crippen molar-refractivity contribution in [1.29, 1.82) is 0 Å². The van der Waals surface area contributed by atoms with Crippen molar-refractivity contribution in [2.75, 3.05) is 24.7 Å². The first kappa shape index (κ1) is 14.6. The Hall–Kier alpha value is -3.36. The molecule has 3 aromatic heterocycles. The Bertz CT molecular complexity index is 876. The molecule has 0 saturated heterocycles. The molecule has 0 radical (unpaired) electrons. The lowest BCUT2D eigenvalue weighted by Crippen LogP contribution is -2.13. The van der Waals surface area contributed by atoms with Crippen LogP contribution in [0.2, 0.25) is 0 Å². The van der Waals surface area contributed by atoms with Crippen molar-refractivity contribution in [2.45, 2.75) is 0 Å². The fraction of sp³-hybridized carbons (Fsp3) is 0.143. The molecule has 0 amide bonds. The number of carboxylic acid groups (broad SMARTS) is 1. The van der Waals surface area contributed by atoms with Gasteiger partial charge in [0, 0.05) is 23.2 Å². The quantitative estimate of drug-likeness (QED) is 0.549. The summed E-state index contributed by atoms with van der Waals surface area (Å²) in [6.07, 6.45) is 1.74. The van der Waals surface area contributed by atoms with Crippen LogP contribution in [0.4, 0.5) is 11.8 Å². The van der Waals surface area contributed by atoms with Crippen LogP contribution >= 0.6 is 0 Å². The van der Waals surface area contributed by atoms with Gasteiger partial charge in [0.25, 0.3) is 0 Å². The topological polar surface area (TPSA) is 139 Å². The molecule has 0 aliphatic rings. The first-order valence-corrected chi connectivity index (χ1v) is 6.69. The van der Waals surface area contributed by atoms with Crippen LogP contribution in [0.25, 0.3) is 22.3 Å². The summed E-state index contributed by atoms with van der Waals surface area (Å²) in [5.74, 6) is -0.144. The Kier molecular flexibility index (Phi) is 3.67. The van der Waals surface area contributed by atoms with Crippen LogP contribution in [-0.2, 0) is 4.79 Å². The number of aromatic amines is 1. The third-order valence-electron chi connectivity index (χ3n) is 3.15. The van der Waals surface area contributed by atoms with Gasteiger partial charge in [-0.15, -0.1) is 0 Å². The molecule has 0 atom stereocenters. The Morgan fingerprint density at radius 2 is 2.22 bits per heavy atom. The summed E-state index contributed by atoms with van der Waals surface area (Å²) < 4.78 is 5.11. The largest absolute Gasteiger partial charge is 0.481 e. The molecule has 0 aliphatic carbocycles. The molecule has 23 heavy (non-hydrogen) atoms. The number of nitrogens with two attached hydrogens (primary N) is 1. The predicted molar refractivity (Wildman–Crippen MR) is 84.2 cm³/mol. The van der Waals surface area contributed by atoms with Crippen molar-refractivity contribution in [3.05, 3.63) is 24.4 Å². The number of pyridine rings is 1. The number of fused-ring (bicyclic) bond motifs is 1. The van der Waals surface area contributed by atoms with E-state index in [1.165, 1.54) is 7.11 Å². The van der Waals surface area contributed by atoms with Gasteiger partial charge in [-0.05, 0) is 12.1 Å². The lowest BCUT2D eigenvalue weighted by Gasteiger charge is -2.09. The van der Waals surface area contributed by atoms with Crippen molar-refractivity contribution >= 4 is 28.8 Å². The Morgan fingerprint density at radius 1 is 1.39 bits per heavy atom. The summed E-state index contributed by atoms with van der Waals surface area (Å²) in [6, 6.07) is 5.21. The standard InChI is InChI=1S/C14H14N6O3/c1-23-11-5-9(18-14(15)20-11)8-4-10(17-6-12(21)22)19-13-7(8)2-3-16-13/h2-5H,6H2,1H3,(H,21,22)(H2,15,18,20)(H2,16,17,19). The molecule has 118 valence electrons. The Labute approximate surface area is 130 Å². The van der Waals surface area contributed by atoms with E-state index in [1.807, 2.05) is 6.07 Å². The van der Waals surface area contributed by atoms with Crippen molar-refractivity contribution < 1.29 is 14.6 Å². The second-order valence-electron chi connectivity index (χ2n) is 4.70. The number of hydrogen-bond acceptors (Lipinski definition) is 7. The molecule has 0 aromatic carbocycles. The van der Waals surface area contributed by atoms with Crippen molar-refractivity contribution in [3.8, 4) is 17.1 Å². The number of H-pyrrole nitrogens is 1. The minimum absolute atomic E-state index is 0.0832. The van der Waals surface area contributed by atoms with Gasteiger partial charge in [0.15, 0.2) is 0 Å². The molecule has 3 aromatic rings. The average Bonchev–Trinajstić information content (AvgIpc) is 2.99. The van der Waals surface area contributed by atoms with Gasteiger partial charge >= 0.3 is 5.97 Å². The zero-order valence-corrected chi connectivity index (χ0v) is 12.2. The third-order valence-corrected chi connectivity index (χ3v) is 3.15. The van der Waals surface area contributed by atoms with E-state index < -0.39 is 5.97 Å². The number of methoxy groups -OCH3 is 1. The van der Waals surface area contributed by atoms with Crippen molar-refractivity contribution in [3.63, 3.8) is 0 Å². The van der Waals surface area contributed by atoms with Gasteiger partial charge in [-0.1, -0.05) is 0 Å². The number of ether oxygens (including phenoxy) is 1. The molecular weight excluding hydrogens is 300 g/mol. The summed E-state index contributed by atoms with van der Waals surface area (Å²) in [5.41, 5.74) is 7.60. The molecule has 9 heteroatoms. The van der Waals surface area contributed by atoms with Gasteiger partial charge in [0.2, 0.25) is 11.8 Å². The second-order valence-corrected chi connectivity index (χ2v) is 4.70. The molecule has 0 aliphatic heterocycles. The smallest absolute Gasteiger partial charge is 0.322 e. The molecule has 0 spiro atoms. The van der Waals surface area contributed by atoms with Gasteiger partial charge in [-0.25, -0.2) is 9.97 Å². The maximum atomic E-state index is 10.7. The molecule has 3 heterocycles. The zero-order valence-electron chi connectivity index (χ0n) is 12.2. The minimum Gasteiger partial charge on any atom is -0.481 e. The van der Waals surface area contributed by atoms with E-state index in [-0.39, 0.29) is 12.5 Å². The number of nitrogens with one attached hydrogen (secondary N) is 2. The van der Waals surface area contributed by atoms with Crippen LogP contribution in [-0.4, -0.2) is 44.7 Å². The monoisotopic (exact) mass is 314 g/mol. The highest BCUT2D eigenvalue weighted by Crippen LogP contribution is 2.30. The molecule has 0 unspecified atom stereocenters. The summed E-state index contributed by atoms with van der Waals surface area (Å²) in [7, 11) is 1.49. The predicted octanol–water partition coefficient (Wildman–Crippen LogP) is 1.11. The van der Waals surface area contributed by atoms with Crippen LogP contribution in [0.3, 0.4) is 0 Å². The van der Waals surface area contributed by atoms with Crippen LogP contribution in [0.15, 0.2) is 24.4 Å². The maximum Gasteiger partial charge on any atom is 0.322 e. The maximum absolute atomic E-state index is 10.7. The van der Waals surface area contributed by atoms with E-state index in [1.54, 1.807) is 18.3 Å². The molecule has 5 N–H and O–H groups in total. The molecule has 9 nitrogen and oxygen atoms in total. The average molecular weight is 314 g/mol. The SMILES string of the molecule is COc1cc(-c2cc(NCC(=O)O)nc3[nH]ccc23)nc(N)n1. The third kappa shape index (κ3) is 2.98. The number of nitrogens with zero attached hydrogens (tertiary/aromatic N) is 3. The van der Waals surface area contributed by atoms with E-state index in [9.17, 15) is 4.79 Å². The lowest BCUT2D eigenvalue weighted by molar-refractivity contribution is -0.134. The Balaban J connectivity index is 2.13. The highest BCUT2D eigenvalue weighted by molar-refractivity contribution is 5.94. The van der Waals surface area contributed by atoms with Gasteiger partial charge in [-0.2, -0.15) is 4.98 Å². The van der Waals surface area contributed by atoms with Crippen molar-refractivity contribution in [2.24, 2.45) is 0 Å². The molecule has 0 bridgehead atoms. The number of hydrogen-bond donors (Lipinski definition) is 4. The number of aromatic nitrogens is 4. The fourth-order valence-electron chi connectivity index (χ4n) is 2.19. The summed E-state index contributed by atoms with van der Waals surface area (Å²) in [6.45, 7) is -0.242. The van der Waals surface area contributed by atoms with E-state index in [0.717, 1.165) is 10.9 Å². The number of carbonyl (C=O) groups is 1. The molecule has 0 fully saturated rings. The van der Waals surface area contributed by atoms with E-state index in [2.05, 4.69) is 25.3 Å². The molecule has 0 saturated carbocycles. The van der Waals surface area contributed by atoms with Crippen LogP contribution in [0.1, 0.15) is 0 Å². The van der Waals surface area contributed by atoms with Crippen molar-refractivity contribution in [1.82, 2.24) is 19.9 Å². The van der Waals surface area contributed by atoms with Gasteiger partial charge in [0.05, 0.1) is 12.8 Å². The second kappa shape index (κ2) is 5.79. The first-order valence-electron chi connectivity index (χ1n) is 6.69. The lowest BCUT2D eigenvalue weighted by atomic mass is 10.1. The number of carboxylic acids is 1. The fourth-order valence-corrected chi connectivity index (χ4v) is 2.19. The van der Waals surface area contributed by atoms with E-state index in [4.69, 9.17) is 15.6 Å². The molecular formula is C14H14N6O3. The normalized spacial score (nSPS) is 10.7.